The number of hydrogen-bond acceptors (Lipinski definition) is 6. The maximum absolute atomic E-state index is 12.3. The van der Waals surface area contributed by atoms with Crippen LogP contribution in [-0.4, -0.2) is 28.8 Å². The molecule has 0 aliphatic rings. The number of aromatic nitrogens is 2. The lowest BCUT2D eigenvalue weighted by molar-refractivity contribution is 0.104. The van der Waals surface area contributed by atoms with E-state index in [1.165, 1.54) is 11.3 Å². The van der Waals surface area contributed by atoms with Crippen molar-refractivity contribution in [3.8, 4) is 0 Å². The molecule has 2 aromatic rings. The number of thiazole rings is 1. The van der Waals surface area contributed by atoms with Crippen LogP contribution in [0, 0.1) is 6.92 Å². The van der Waals surface area contributed by atoms with Crippen molar-refractivity contribution in [1.82, 2.24) is 9.97 Å². The van der Waals surface area contributed by atoms with Gasteiger partial charge in [-0.05, 0) is 31.5 Å². The third-order valence-electron chi connectivity index (χ3n) is 2.67. The van der Waals surface area contributed by atoms with Gasteiger partial charge in [0.15, 0.2) is 5.13 Å². The minimum atomic E-state index is -0.0324. The highest BCUT2D eigenvalue weighted by atomic mass is 32.1. The van der Waals surface area contributed by atoms with Crippen LogP contribution in [-0.2, 0) is 0 Å². The molecule has 3 N–H and O–H groups in total. The molecule has 19 heavy (non-hydrogen) atoms. The van der Waals surface area contributed by atoms with Crippen LogP contribution in [0.4, 0.5) is 5.13 Å². The fourth-order valence-corrected chi connectivity index (χ4v) is 2.39. The predicted molar refractivity (Wildman–Crippen MR) is 76.7 cm³/mol. The van der Waals surface area contributed by atoms with E-state index in [1.54, 1.807) is 18.6 Å². The Morgan fingerprint density at radius 2 is 2.32 bits per heavy atom. The van der Waals surface area contributed by atoms with E-state index in [9.17, 15) is 4.79 Å². The molecule has 0 aliphatic heterocycles. The third-order valence-corrected chi connectivity index (χ3v) is 3.62. The Kier molecular flexibility index (Phi) is 4.59. The Labute approximate surface area is 115 Å². The number of hydrogen-bond donors (Lipinski definition) is 2. The zero-order chi connectivity index (χ0) is 13.7. The highest BCUT2D eigenvalue weighted by Crippen LogP contribution is 2.22. The minimum Gasteiger partial charge on any atom is -0.361 e. The van der Waals surface area contributed by atoms with Crippen molar-refractivity contribution in [2.75, 3.05) is 18.4 Å². The van der Waals surface area contributed by atoms with Crippen molar-refractivity contribution < 1.29 is 4.79 Å². The van der Waals surface area contributed by atoms with Gasteiger partial charge < -0.3 is 11.1 Å². The van der Waals surface area contributed by atoms with Crippen molar-refractivity contribution in [3.63, 3.8) is 0 Å². The molecule has 6 heteroatoms. The van der Waals surface area contributed by atoms with Crippen molar-refractivity contribution in [3.05, 3.63) is 40.7 Å². The number of carbonyl (C=O) groups is 1. The number of anilines is 1. The van der Waals surface area contributed by atoms with Gasteiger partial charge in [-0.3, -0.25) is 9.78 Å². The summed E-state index contributed by atoms with van der Waals surface area (Å²) in [6, 6.07) is 1.83. The van der Waals surface area contributed by atoms with E-state index in [1.807, 2.05) is 13.0 Å². The van der Waals surface area contributed by atoms with Gasteiger partial charge in [0.25, 0.3) is 0 Å². The number of nitrogens with zero attached hydrogens (tertiary/aromatic N) is 2. The van der Waals surface area contributed by atoms with Crippen molar-refractivity contribution in [1.29, 1.82) is 0 Å². The average Bonchev–Trinajstić information content (AvgIpc) is 2.88. The van der Waals surface area contributed by atoms with Crippen LogP contribution in [0.15, 0.2) is 24.7 Å². The van der Waals surface area contributed by atoms with Gasteiger partial charge in [-0.25, -0.2) is 4.98 Å². The number of nitrogens with one attached hydrogen (secondary N) is 1. The summed E-state index contributed by atoms with van der Waals surface area (Å²) in [6.07, 6.45) is 5.76. The fraction of sp³-hybridized carbons (Fsp3) is 0.308. The molecule has 0 saturated carbocycles. The molecular formula is C13H16N4OS. The fourth-order valence-electron chi connectivity index (χ4n) is 1.59. The normalized spacial score (nSPS) is 10.4. The Morgan fingerprint density at radius 1 is 1.47 bits per heavy atom. The largest absolute Gasteiger partial charge is 0.361 e. The van der Waals surface area contributed by atoms with Crippen LogP contribution in [0.1, 0.15) is 27.2 Å². The second kappa shape index (κ2) is 6.40. The molecular weight excluding hydrogens is 260 g/mol. The van der Waals surface area contributed by atoms with E-state index in [0.717, 1.165) is 23.7 Å². The molecule has 100 valence electrons. The molecule has 2 heterocycles. The van der Waals surface area contributed by atoms with Gasteiger partial charge in [0.05, 0.1) is 11.1 Å². The molecule has 0 aromatic carbocycles. The molecule has 0 spiro atoms. The Balaban J connectivity index is 2.10. The maximum atomic E-state index is 12.3. The lowest BCUT2D eigenvalue weighted by Crippen LogP contribution is -2.07. The van der Waals surface area contributed by atoms with Gasteiger partial charge in [0.2, 0.25) is 5.78 Å². The lowest BCUT2D eigenvalue weighted by Gasteiger charge is -2.01. The smallest absolute Gasteiger partial charge is 0.206 e. The van der Waals surface area contributed by atoms with Crippen molar-refractivity contribution in [2.45, 2.75) is 13.3 Å². The summed E-state index contributed by atoms with van der Waals surface area (Å²) >= 11 is 1.35. The zero-order valence-electron chi connectivity index (χ0n) is 10.7. The Hall–Kier alpha value is -1.79. The molecule has 2 rings (SSSR count). The molecule has 0 bridgehead atoms. The number of aryl methyl sites for hydroxylation is 1. The van der Waals surface area contributed by atoms with Gasteiger partial charge in [0, 0.05) is 24.5 Å². The van der Waals surface area contributed by atoms with Crippen LogP contribution in [0.2, 0.25) is 0 Å². The predicted octanol–water partition coefficient (Wildman–Crippen LogP) is 1.84. The van der Waals surface area contributed by atoms with E-state index in [-0.39, 0.29) is 5.78 Å². The monoisotopic (exact) mass is 276 g/mol. The zero-order valence-corrected chi connectivity index (χ0v) is 11.5. The molecule has 0 fully saturated rings. The SMILES string of the molecule is Cc1ccncc1C(=O)c1cnc(NCCCN)s1. The second-order valence-corrected chi connectivity index (χ2v) is 5.15. The van der Waals surface area contributed by atoms with Crippen molar-refractivity contribution in [2.24, 2.45) is 5.73 Å². The summed E-state index contributed by atoms with van der Waals surface area (Å²) < 4.78 is 0. The third kappa shape index (κ3) is 3.36. The first kappa shape index (κ1) is 13.6. The van der Waals surface area contributed by atoms with Crippen LogP contribution in [0.25, 0.3) is 0 Å². The first-order valence-electron chi connectivity index (χ1n) is 6.07. The van der Waals surface area contributed by atoms with Gasteiger partial charge in [0.1, 0.15) is 0 Å². The molecule has 0 radical (unpaired) electrons. The Morgan fingerprint density at radius 3 is 3.05 bits per heavy atom. The molecule has 0 aliphatic carbocycles. The summed E-state index contributed by atoms with van der Waals surface area (Å²) in [5.41, 5.74) is 6.97. The highest BCUT2D eigenvalue weighted by Gasteiger charge is 2.15. The van der Waals surface area contributed by atoms with E-state index in [2.05, 4.69) is 15.3 Å². The highest BCUT2D eigenvalue weighted by molar-refractivity contribution is 7.17. The van der Waals surface area contributed by atoms with Gasteiger partial charge >= 0.3 is 0 Å². The molecule has 2 aromatic heterocycles. The number of nitrogens with two attached hydrogens (primary N) is 1. The molecule has 0 unspecified atom stereocenters. The second-order valence-electron chi connectivity index (χ2n) is 4.12. The maximum Gasteiger partial charge on any atom is 0.206 e. The standard InChI is InChI=1S/C13H16N4OS/c1-9-3-6-15-7-10(9)12(18)11-8-17-13(19-11)16-5-2-4-14/h3,6-8H,2,4-5,14H2,1H3,(H,16,17). The van der Waals surface area contributed by atoms with Crippen LogP contribution in [0.3, 0.4) is 0 Å². The first-order valence-corrected chi connectivity index (χ1v) is 6.89. The summed E-state index contributed by atoms with van der Waals surface area (Å²) in [5.74, 6) is -0.0324. The lowest BCUT2D eigenvalue weighted by atomic mass is 10.1. The minimum absolute atomic E-state index is 0.0324. The quantitative estimate of drug-likeness (QED) is 0.621. The van der Waals surface area contributed by atoms with E-state index in [4.69, 9.17) is 5.73 Å². The summed E-state index contributed by atoms with van der Waals surface area (Å²) in [4.78, 5) is 21.1. The number of carbonyl (C=O) groups excluding carboxylic acids is 1. The van der Waals surface area contributed by atoms with E-state index in [0.29, 0.717) is 17.0 Å². The Bertz CT molecular complexity index is 567. The molecule has 0 saturated heterocycles. The molecule has 0 amide bonds. The van der Waals surface area contributed by atoms with Gasteiger partial charge in [-0.2, -0.15) is 0 Å². The van der Waals surface area contributed by atoms with Crippen LogP contribution in [0.5, 0.6) is 0 Å². The topological polar surface area (TPSA) is 80.9 Å². The summed E-state index contributed by atoms with van der Waals surface area (Å²) in [7, 11) is 0. The van der Waals surface area contributed by atoms with E-state index < -0.39 is 0 Å². The average molecular weight is 276 g/mol. The molecule has 0 atom stereocenters. The summed E-state index contributed by atoms with van der Waals surface area (Å²) in [6.45, 7) is 3.30. The molecule has 5 nitrogen and oxygen atoms in total. The van der Waals surface area contributed by atoms with Gasteiger partial charge in [-0.1, -0.05) is 11.3 Å². The number of ketones is 1. The number of pyridine rings is 1. The van der Waals surface area contributed by atoms with Crippen molar-refractivity contribution >= 4 is 22.3 Å². The van der Waals surface area contributed by atoms with Crippen LogP contribution >= 0.6 is 11.3 Å². The number of rotatable bonds is 6. The van der Waals surface area contributed by atoms with E-state index >= 15 is 0 Å². The first-order chi connectivity index (χ1) is 9.22. The van der Waals surface area contributed by atoms with Crippen LogP contribution < -0.4 is 11.1 Å². The summed E-state index contributed by atoms with van der Waals surface area (Å²) in [5, 5.41) is 3.89. The van der Waals surface area contributed by atoms with Gasteiger partial charge in [-0.15, -0.1) is 0 Å².